The van der Waals surface area contributed by atoms with Crippen LogP contribution in [0.5, 0.6) is 34.5 Å². The smallest absolute Gasteiger partial charge is 0.122 e. The zero-order chi connectivity index (χ0) is 48.7. The van der Waals surface area contributed by atoms with Crippen molar-refractivity contribution in [3.05, 3.63) is 175 Å². The average molecular weight is 913 g/mol. The number of benzene rings is 6. The molecule has 4 aliphatic rings. The number of aryl methyl sites for hydroxylation is 2. The van der Waals surface area contributed by atoms with Crippen molar-refractivity contribution in [1.82, 2.24) is 0 Å². The molecule has 68 heavy (non-hydrogen) atoms. The summed E-state index contributed by atoms with van der Waals surface area (Å²) in [4.78, 5) is 0. The van der Waals surface area contributed by atoms with Crippen molar-refractivity contribution >= 4 is 0 Å². The summed E-state index contributed by atoms with van der Waals surface area (Å²) in [5, 5.41) is 68.6. The first-order chi connectivity index (χ1) is 32.2. The Morgan fingerprint density at radius 1 is 0.382 bits per heavy atom. The van der Waals surface area contributed by atoms with E-state index in [9.17, 15) is 30.6 Å². The summed E-state index contributed by atoms with van der Waals surface area (Å²) in [5.41, 5.74) is 12.9. The van der Waals surface area contributed by atoms with Crippen LogP contribution in [0, 0.1) is 25.7 Å². The highest BCUT2D eigenvalue weighted by Gasteiger charge is 2.59. The minimum atomic E-state index is -0.362. The second-order valence-electron chi connectivity index (χ2n) is 22.7. The van der Waals surface area contributed by atoms with Crippen LogP contribution in [0.3, 0.4) is 0 Å². The van der Waals surface area contributed by atoms with E-state index >= 15 is 0 Å². The average Bonchev–Trinajstić information content (AvgIpc) is 3.27. The molecule has 4 fully saturated rings. The molecule has 6 aromatic rings. The van der Waals surface area contributed by atoms with Gasteiger partial charge in [-0.2, -0.15) is 0 Å². The number of phenols is 6. The summed E-state index contributed by atoms with van der Waals surface area (Å²) < 4.78 is 0. The van der Waals surface area contributed by atoms with Crippen LogP contribution < -0.4 is 0 Å². The Hall–Kier alpha value is -5.88. The molecule has 0 saturated heterocycles. The molecule has 6 heteroatoms. The van der Waals surface area contributed by atoms with Gasteiger partial charge in [-0.1, -0.05) is 128 Å². The third kappa shape index (κ3) is 8.20. The molecule has 356 valence electrons. The second kappa shape index (κ2) is 17.6. The molecule has 0 aromatic heterocycles. The molecule has 4 saturated carbocycles. The van der Waals surface area contributed by atoms with Crippen molar-refractivity contribution in [2.75, 3.05) is 0 Å². The lowest BCUT2D eigenvalue weighted by atomic mass is 9.41. The fraction of sp³-hybridized carbons (Fsp3) is 0.419. The molecular formula is C62H72O6. The molecule has 0 atom stereocenters. The highest BCUT2D eigenvalue weighted by Crippen LogP contribution is 2.67. The fourth-order valence-electron chi connectivity index (χ4n) is 13.6. The first kappa shape index (κ1) is 47.2. The van der Waals surface area contributed by atoms with Gasteiger partial charge < -0.3 is 30.6 Å². The summed E-state index contributed by atoms with van der Waals surface area (Å²) >= 11 is 0. The molecule has 6 aromatic carbocycles. The standard InChI is InChI=1S/C62H72O6/c1-33(2)47-22-41(11-15-53(47)63)57(42-12-16-54(64)48(23-42)34(3)4)51-26-45(19-37(9)59(51)67)61-28-39-21-40(29-61)31-62(30-39,32-61)46-20-38(10)60(68)52(27-46)58(43-13-17-55(65)49(24-43)35(5)6)44-14-18-56(66)50(25-44)36(7)8/h11-20,22-27,33-36,39-40,57-58,63-68H,21,28-32H2,1-10H3. The van der Waals surface area contributed by atoms with Crippen molar-refractivity contribution in [3.8, 4) is 34.5 Å². The SMILES string of the molecule is Cc1cc(C23CC4CC(C2)CC(c2cc(C)c(O)c(C(c5ccc(O)c(C(C)C)c5)c5ccc(O)c(C(C)C)c5)c2)(C4)C3)cc(C(c2ccc(O)c(C(C)C)c2)c2ccc(O)c(C(C)C)c2)c1O. The summed E-state index contributed by atoms with van der Waals surface area (Å²) in [6.07, 6.45) is 6.48. The lowest BCUT2D eigenvalue weighted by Gasteiger charge is -2.63. The summed E-state index contributed by atoms with van der Waals surface area (Å²) in [5.74, 6) is 2.23. The molecule has 6 N–H and O–H groups in total. The van der Waals surface area contributed by atoms with Crippen molar-refractivity contribution in [2.45, 2.75) is 154 Å². The van der Waals surface area contributed by atoms with E-state index in [1.54, 1.807) is 24.3 Å². The Morgan fingerprint density at radius 3 is 0.926 bits per heavy atom. The van der Waals surface area contributed by atoms with Crippen molar-refractivity contribution < 1.29 is 30.6 Å². The minimum absolute atomic E-state index is 0.0862. The van der Waals surface area contributed by atoms with E-state index in [4.69, 9.17) is 0 Å². The molecule has 0 heterocycles. The van der Waals surface area contributed by atoms with Crippen LogP contribution in [0.15, 0.2) is 97.1 Å². The molecule has 4 aliphatic carbocycles. The van der Waals surface area contributed by atoms with Gasteiger partial charge in [-0.05, 0) is 190 Å². The van der Waals surface area contributed by atoms with E-state index < -0.39 is 0 Å². The maximum atomic E-state index is 12.3. The Kier molecular flexibility index (Phi) is 12.2. The predicted octanol–water partition coefficient (Wildman–Crippen LogP) is 15.2. The van der Waals surface area contributed by atoms with E-state index in [0.29, 0.717) is 11.8 Å². The van der Waals surface area contributed by atoms with Gasteiger partial charge in [0.2, 0.25) is 0 Å². The Morgan fingerprint density at radius 2 is 0.662 bits per heavy atom. The van der Waals surface area contributed by atoms with Crippen LogP contribution in [0.2, 0.25) is 0 Å². The molecule has 0 unspecified atom stereocenters. The number of aromatic hydroxyl groups is 6. The normalized spacial score (nSPS) is 21.1. The van der Waals surface area contributed by atoms with Crippen LogP contribution in [0.25, 0.3) is 0 Å². The zero-order valence-electron chi connectivity index (χ0n) is 41.8. The Balaban J connectivity index is 1.20. The summed E-state index contributed by atoms with van der Waals surface area (Å²) in [6.45, 7) is 20.7. The maximum absolute atomic E-state index is 12.3. The van der Waals surface area contributed by atoms with Crippen LogP contribution in [-0.4, -0.2) is 30.6 Å². The molecule has 0 radical (unpaired) electrons. The molecule has 0 spiro atoms. The van der Waals surface area contributed by atoms with E-state index in [2.05, 4.69) is 104 Å². The van der Waals surface area contributed by atoms with Gasteiger partial charge in [0.15, 0.2) is 0 Å². The number of rotatable bonds is 12. The molecule has 4 bridgehead atoms. The van der Waals surface area contributed by atoms with Gasteiger partial charge in [0.1, 0.15) is 34.5 Å². The largest absolute Gasteiger partial charge is 0.508 e. The predicted molar refractivity (Wildman–Crippen MR) is 274 cm³/mol. The van der Waals surface area contributed by atoms with Crippen molar-refractivity contribution in [3.63, 3.8) is 0 Å². The van der Waals surface area contributed by atoms with Gasteiger partial charge in [0, 0.05) is 23.0 Å². The maximum Gasteiger partial charge on any atom is 0.122 e. The highest BCUT2D eigenvalue weighted by atomic mass is 16.3. The van der Waals surface area contributed by atoms with Crippen molar-refractivity contribution in [2.24, 2.45) is 11.8 Å². The van der Waals surface area contributed by atoms with Gasteiger partial charge in [0.05, 0.1) is 0 Å². The third-order valence-electron chi connectivity index (χ3n) is 16.6. The third-order valence-corrected chi connectivity index (χ3v) is 16.6. The number of hydrogen-bond acceptors (Lipinski definition) is 6. The van der Waals surface area contributed by atoms with Gasteiger partial charge >= 0.3 is 0 Å². The summed E-state index contributed by atoms with van der Waals surface area (Å²) in [6, 6.07) is 32.5. The first-order valence-electron chi connectivity index (χ1n) is 25.2. The monoisotopic (exact) mass is 913 g/mol. The highest BCUT2D eigenvalue weighted by molar-refractivity contribution is 5.60. The quantitative estimate of drug-likeness (QED) is 0.0680. The van der Waals surface area contributed by atoms with Gasteiger partial charge in [-0.15, -0.1) is 0 Å². The van der Waals surface area contributed by atoms with Gasteiger partial charge in [0.25, 0.3) is 0 Å². The van der Waals surface area contributed by atoms with E-state index in [0.717, 1.165) is 98.9 Å². The molecular weight excluding hydrogens is 841 g/mol. The summed E-state index contributed by atoms with van der Waals surface area (Å²) in [7, 11) is 0. The first-order valence-corrected chi connectivity index (χ1v) is 25.2. The molecule has 0 amide bonds. The number of hydrogen-bond donors (Lipinski definition) is 6. The topological polar surface area (TPSA) is 121 Å². The van der Waals surface area contributed by atoms with Crippen LogP contribution >= 0.6 is 0 Å². The van der Waals surface area contributed by atoms with Crippen LogP contribution in [-0.2, 0) is 10.8 Å². The Labute approximate surface area is 404 Å². The fourth-order valence-corrected chi connectivity index (χ4v) is 13.6. The zero-order valence-corrected chi connectivity index (χ0v) is 41.8. The van der Waals surface area contributed by atoms with Crippen molar-refractivity contribution in [1.29, 1.82) is 0 Å². The number of phenolic OH excluding ortho intramolecular Hbond substituents is 6. The van der Waals surface area contributed by atoms with E-state index in [1.807, 2.05) is 38.1 Å². The lowest BCUT2D eigenvalue weighted by Crippen LogP contribution is -2.56. The van der Waals surface area contributed by atoms with Crippen LogP contribution in [0.4, 0.5) is 0 Å². The minimum Gasteiger partial charge on any atom is -0.508 e. The molecule has 6 nitrogen and oxygen atoms in total. The van der Waals surface area contributed by atoms with Gasteiger partial charge in [-0.25, -0.2) is 0 Å². The van der Waals surface area contributed by atoms with E-state index in [1.165, 1.54) is 17.5 Å². The van der Waals surface area contributed by atoms with Crippen LogP contribution in [0.1, 0.15) is 207 Å². The second-order valence-corrected chi connectivity index (χ2v) is 22.7. The van der Waals surface area contributed by atoms with E-state index in [-0.39, 0.29) is 80.8 Å². The molecule has 0 aliphatic heterocycles. The Bertz CT molecular complexity index is 2580. The van der Waals surface area contributed by atoms with Gasteiger partial charge in [-0.3, -0.25) is 0 Å². The molecule has 10 rings (SSSR count). The lowest BCUT2D eigenvalue weighted by molar-refractivity contribution is -0.0282.